The molecule has 0 fully saturated rings. The first-order valence-electron chi connectivity index (χ1n) is 8.89. The summed E-state index contributed by atoms with van der Waals surface area (Å²) in [5, 5.41) is 13.5. The number of hydrogen-bond acceptors (Lipinski definition) is 8. The first kappa shape index (κ1) is 19.7. The highest BCUT2D eigenvalue weighted by Gasteiger charge is 2.17. The van der Waals surface area contributed by atoms with Gasteiger partial charge >= 0.3 is 0 Å². The third-order valence-electron chi connectivity index (χ3n) is 4.51. The number of aromatic nitrogens is 5. The number of rotatable bonds is 5. The number of fused-ring (bicyclic) bond motifs is 1. The fraction of sp³-hybridized carbons (Fsp3) is 0.158. The van der Waals surface area contributed by atoms with E-state index in [1.807, 2.05) is 0 Å². The molecule has 30 heavy (non-hydrogen) atoms. The molecule has 154 valence electrons. The molecule has 0 unspecified atom stereocenters. The van der Waals surface area contributed by atoms with Crippen LogP contribution in [-0.4, -0.2) is 46.9 Å². The number of benzene rings is 1. The highest BCUT2D eigenvalue weighted by Crippen LogP contribution is 2.31. The molecule has 0 radical (unpaired) electrons. The summed E-state index contributed by atoms with van der Waals surface area (Å²) in [6, 6.07) is 6.34. The fourth-order valence-corrected chi connectivity index (χ4v) is 4.09. The van der Waals surface area contributed by atoms with E-state index >= 15 is 0 Å². The number of H-pyrrole nitrogens is 1. The van der Waals surface area contributed by atoms with Crippen LogP contribution in [0.5, 0.6) is 0 Å². The van der Waals surface area contributed by atoms with Crippen molar-refractivity contribution in [1.29, 1.82) is 0 Å². The predicted octanol–water partition coefficient (Wildman–Crippen LogP) is 3.05. The van der Waals surface area contributed by atoms with Gasteiger partial charge in [0.15, 0.2) is 15.5 Å². The predicted molar refractivity (Wildman–Crippen MR) is 112 cm³/mol. The molecule has 1 aromatic carbocycles. The summed E-state index contributed by atoms with van der Waals surface area (Å²) in [6.45, 7) is 1.73. The van der Waals surface area contributed by atoms with E-state index in [1.54, 1.807) is 32.3 Å². The summed E-state index contributed by atoms with van der Waals surface area (Å²) in [5.41, 5.74) is 2.66. The van der Waals surface area contributed by atoms with Crippen molar-refractivity contribution in [1.82, 2.24) is 25.1 Å². The van der Waals surface area contributed by atoms with Crippen molar-refractivity contribution in [3.63, 3.8) is 0 Å². The van der Waals surface area contributed by atoms with Crippen molar-refractivity contribution >= 4 is 38.3 Å². The Bertz CT molecular complexity index is 1370. The minimum absolute atomic E-state index is 0.232. The van der Waals surface area contributed by atoms with E-state index in [0.29, 0.717) is 39.4 Å². The molecular formula is C19H18FN7O2S. The molecule has 9 nitrogen and oxygen atoms in total. The Morgan fingerprint density at radius 2 is 1.93 bits per heavy atom. The molecule has 0 saturated carbocycles. The molecule has 0 amide bonds. The van der Waals surface area contributed by atoms with Crippen LogP contribution in [0.1, 0.15) is 5.56 Å². The van der Waals surface area contributed by atoms with Gasteiger partial charge in [-0.25, -0.2) is 22.8 Å². The molecule has 0 spiro atoms. The normalized spacial score (nSPS) is 11.6. The monoisotopic (exact) mass is 427 g/mol. The van der Waals surface area contributed by atoms with Crippen molar-refractivity contribution in [2.45, 2.75) is 11.8 Å². The van der Waals surface area contributed by atoms with E-state index in [1.165, 1.54) is 12.1 Å². The zero-order valence-electron chi connectivity index (χ0n) is 16.4. The van der Waals surface area contributed by atoms with E-state index in [-0.39, 0.29) is 10.8 Å². The van der Waals surface area contributed by atoms with Gasteiger partial charge in [-0.3, -0.25) is 5.10 Å². The van der Waals surface area contributed by atoms with Crippen LogP contribution in [-0.2, 0) is 9.84 Å². The molecule has 0 aliphatic heterocycles. The van der Waals surface area contributed by atoms with Crippen molar-refractivity contribution in [3.05, 3.63) is 48.0 Å². The lowest BCUT2D eigenvalue weighted by Crippen LogP contribution is -2.05. The van der Waals surface area contributed by atoms with Gasteiger partial charge in [-0.1, -0.05) is 6.07 Å². The summed E-state index contributed by atoms with van der Waals surface area (Å²) >= 11 is 0. The summed E-state index contributed by atoms with van der Waals surface area (Å²) in [5.74, 6) is 0.243. The molecule has 3 N–H and O–H groups in total. The van der Waals surface area contributed by atoms with E-state index in [0.717, 1.165) is 12.5 Å². The molecule has 4 rings (SSSR count). The van der Waals surface area contributed by atoms with Gasteiger partial charge < -0.3 is 10.6 Å². The molecule has 0 saturated heterocycles. The number of nitrogens with one attached hydrogen (secondary N) is 3. The van der Waals surface area contributed by atoms with Crippen molar-refractivity contribution in [2.75, 3.05) is 23.9 Å². The third-order valence-corrected chi connectivity index (χ3v) is 5.75. The number of aryl methyl sites for hydroxylation is 1. The highest BCUT2D eigenvalue weighted by atomic mass is 32.2. The van der Waals surface area contributed by atoms with Crippen molar-refractivity contribution in [3.8, 4) is 11.3 Å². The summed E-state index contributed by atoms with van der Waals surface area (Å²) < 4.78 is 37.6. The Labute approximate surface area is 171 Å². The average molecular weight is 427 g/mol. The second-order valence-electron chi connectivity index (χ2n) is 6.71. The lowest BCUT2D eigenvalue weighted by Gasteiger charge is -2.11. The van der Waals surface area contributed by atoms with Crippen LogP contribution in [0.4, 0.5) is 21.8 Å². The van der Waals surface area contributed by atoms with Crippen LogP contribution in [0.3, 0.4) is 0 Å². The van der Waals surface area contributed by atoms with Crippen LogP contribution < -0.4 is 10.6 Å². The van der Waals surface area contributed by atoms with Gasteiger partial charge in [-0.15, -0.1) is 0 Å². The third kappa shape index (κ3) is 3.66. The quantitative estimate of drug-likeness (QED) is 0.444. The van der Waals surface area contributed by atoms with E-state index in [2.05, 4.69) is 35.8 Å². The second-order valence-corrected chi connectivity index (χ2v) is 8.69. The lowest BCUT2D eigenvalue weighted by atomic mass is 10.1. The van der Waals surface area contributed by atoms with E-state index in [4.69, 9.17) is 0 Å². The zero-order valence-corrected chi connectivity index (χ0v) is 17.2. The van der Waals surface area contributed by atoms with Crippen LogP contribution in [0, 0.1) is 12.7 Å². The molecule has 3 heterocycles. The first-order chi connectivity index (χ1) is 14.3. The van der Waals surface area contributed by atoms with E-state index in [9.17, 15) is 12.8 Å². The Kier molecular flexibility index (Phi) is 4.82. The number of pyridine rings is 1. The maximum atomic E-state index is 13.6. The SMILES string of the molecule is CNc1nc(Nc2ccc(C)c(S(C)(=O)=O)c2)ncc1-c1n[nH]c2ncc(F)cc12. The molecule has 4 aromatic rings. The van der Waals surface area contributed by atoms with Gasteiger partial charge in [-0.2, -0.15) is 10.1 Å². The topological polar surface area (TPSA) is 126 Å². The van der Waals surface area contributed by atoms with Crippen LogP contribution in [0.15, 0.2) is 41.6 Å². The standard InChI is InChI=1S/C19H18FN7O2S/c1-10-4-5-12(7-15(10)30(3,28)29)24-19-23-9-14(17(21-2)25-19)16-13-6-11(20)8-22-18(13)27-26-16/h4-9H,1-3H3,(H,22,26,27)(H2,21,23,24,25). The van der Waals surface area contributed by atoms with Gasteiger partial charge in [0.1, 0.15) is 17.3 Å². The largest absolute Gasteiger partial charge is 0.372 e. The Morgan fingerprint density at radius 1 is 1.13 bits per heavy atom. The Morgan fingerprint density at radius 3 is 2.67 bits per heavy atom. The number of hydrogen-bond donors (Lipinski definition) is 3. The van der Waals surface area contributed by atoms with Crippen LogP contribution in [0.25, 0.3) is 22.3 Å². The lowest BCUT2D eigenvalue weighted by molar-refractivity contribution is 0.601. The van der Waals surface area contributed by atoms with E-state index < -0.39 is 15.7 Å². The molecule has 0 bridgehead atoms. The Hall–Kier alpha value is -3.60. The number of sulfone groups is 1. The first-order valence-corrected chi connectivity index (χ1v) is 10.8. The second kappa shape index (κ2) is 7.34. The summed E-state index contributed by atoms with van der Waals surface area (Å²) in [7, 11) is -1.67. The van der Waals surface area contributed by atoms with Crippen LogP contribution in [0.2, 0.25) is 0 Å². The maximum absolute atomic E-state index is 13.6. The Balaban J connectivity index is 1.72. The highest BCUT2D eigenvalue weighted by molar-refractivity contribution is 7.90. The molecule has 0 atom stereocenters. The van der Waals surface area contributed by atoms with Gasteiger partial charge in [0.2, 0.25) is 5.95 Å². The molecule has 11 heteroatoms. The minimum atomic E-state index is -3.36. The maximum Gasteiger partial charge on any atom is 0.229 e. The van der Waals surface area contributed by atoms with Gasteiger partial charge in [0.25, 0.3) is 0 Å². The summed E-state index contributed by atoms with van der Waals surface area (Å²) in [6.07, 6.45) is 3.82. The van der Waals surface area contributed by atoms with Crippen molar-refractivity contribution < 1.29 is 12.8 Å². The van der Waals surface area contributed by atoms with Gasteiger partial charge in [0.05, 0.1) is 16.7 Å². The molecule has 3 aromatic heterocycles. The number of aromatic amines is 1. The summed E-state index contributed by atoms with van der Waals surface area (Å²) in [4.78, 5) is 12.9. The van der Waals surface area contributed by atoms with Gasteiger partial charge in [-0.05, 0) is 30.7 Å². The number of anilines is 3. The number of halogens is 1. The number of nitrogens with zero attached hydrogens (tertiary/aromatic N) is 4. The average Bonchev–Trinajstić information content (AvgIpc) is 3.11. The van der Waals surface area contributed by atoms with Crippen molar-refractivity contribution in [2.24, 2.45) is 0 Å². The minimum Gasteiger partial charge on any atom is -0.372 e. The molecule has 0 aliphatic carbocycles. The van der Waals surface area contributed by atoms with Crippen LogP contribution >= 0.6 is 0 Å². The molecular weight excluding hydrogens is 409 g/mol. The van der Waals surface area contributed by atoms with Gasteiger partial charge in [0, 0.05) is 30.6 Å². The zero-order chi connectivity index (χ0) is 21.5. The molecule has 0 aliphatic rings. The smallest absolute Gasteiger partial charge is 0.229 e. The fourth-order valence-electron chi connectivity index (χ4n) is 3.10.